The second-order valence-corrected chi connectivity index (χ2v) is 9.35. The number of thiazole rings is 1. The van der Waals surface area contributed by atoms with Crippen LogP contribution >= 0.6 is 22.9 Å². The Bertz CT molecular complexity index is 1150. The summed E-state index contributed by atoms with van der Waals surface area (Å²) in [6.45, 7) is 0. The molecular formula is C19H18ClN5O4S2. The van der Waals surface area contributed by atoms with Gasteiger partial charge >= 0.3 is 6.03 Å². The van der Waals surface area contributed by atoms with Crippen molar-refractivity contribution in [1.82, 2.24) is 10.3 Å². The van der Waals surface area contributed by atoms with E-state index < -0.39 is 28.0 Å². The lowest BCUT2D eigenvalue weighted by Crippen LogP contribution is -2.35. The summed E-state index contributed by atoms with van der Waals surface area (Å²) in [5, 5.41) is 7.62. The number of amides is 3. The Hall–Kier alpha value is -3.15. The van der Waals surface area contributed by atoms with Gasteiger partial charge in [0.25, 0.3) is 10.0 Å². The Balaban J connectivity index is 1.66. The van der Waals surface area contributed by atoms with Gasteiger partial charge in [0, 0.05) is 22.3 Å². The Morgan fingerprint density at radius 1 is 1.10 bits per heavy atom. The molecule has 1 aromatic heterocycles. The van der Waals surface area contributed by atoms with E-state index in [1.54, 1.807) is 29.6 Å². The van der Waals surface area contributed by atoms with E-state index in [1.807, 2.05) is 0 Å². The maximum Gasteiger partial charge on any atom is 0.312 e. The zero-order valence-corrected chi connectivity index (χ0v) is 18.3. The molecule has 3 amide bonds. The van der Waals surface area contributed by atoms with Crippen molar-refractivity contribution in [3.05, 3.63) is 70.7 Å². The fourth-order valence-electron chi connectivity index (χ4n) is 2.68. The summed E-state index contributed by atoms with van der Waals surface area (Å²) < 4.78 is 27.1. The lowest BCUT2D eigenvalue weighted by Gasteiger charge is -2.18. The molecule has 31 heavy (non-hydrogen) atoms. The van der Waals surface area contributed by atoms with Crippen LogP contribution in [-0.2, 0) is 14.8 Å². The second kappa shape index (κ2) is 9.77. The number of hydrogen-bond donors (Lipinski definition) is 4. The topological polar surface area (TPSA) is 143 Å². The maximum atomic E-state index is 12.5. The first-order chi connectivity index (χ1) is 14.7. The van der Waals surface area contributed by atoms with Crippen molar-refractivity contribution in [1.29, 1.82) is 0 Å². The van der Waals surface area contributed by atoms with Crippen LogP contribution in [0.2, 0.25) is 5.02 Å². The molecule has 0 saturated carbocycles. The molecule has 0 aliphatic carbocycles. The molecule has 5 N–H and O–H groups in total. The maximum absolute atomic E-state index is 12.5. The SMILES string of the molecule is NC(=O)NC(CC(=O)Nc1ccc(S(=O)(=O)Nc2nccs2)cc1)c1ccc(Cl)cc1. The minimum Gasteiger partial charge on any atom is -0.352 e. The Kier molecular flexibility index (Phi) is 7.10. The van der Waals surface area contributed by atoms with Crippen LogP contribution in [0.15, 0.2) is 65.0 Å². The number of nitrogens with zero attached hydrogens (tertiary/aromatic N) is 1. The molecular weight excluding hydrogens is 462 g/mol. The highest BCUT2D eigenvalue weighted by Gasteiger charge is 2.19. The van der Waals surface area contributed by atoms with E-state index >= 15 is 0 Å². The zero-order valence-electron chi connectivity index (χ0n) is 15.9. The van der Waals surface area contributed by atoms with Gasteiger partial charge in [0.2, 0.25) is 5.91 Å². The number of nitrogens with one attached hydrogen (secondary N) is 3. The number of nitrogens with two attached hydrogens (primary N) is 1. The van der Waals surface area contributed by atoms with Gasteiger partial charge in [-0.2, -0.15) is 0 Å². The van der Waals surface area contributed by atoms with E-state index in [2.05, 4.69) is 20.3 Å². The molecule has 0 fully saturated rings. The van der Waals surface area contributed by atoms with Crippen molar-refractivity contribution in [2.45, 2.75) is 17.4 Å². The Labute approximate surface area is 187 Å². The molecule has 3 aromatic rings. The molecule has 0 aliphatic rings. The Morgan fingerprint density at radius 2 is 1.77 bits per heavy atom. The molecule has 162 valence electrons. The molecule has 0 spiro atoms. The first-order valence-electron chi connectivity index (χ1n) is 8.86. The molecule has 0 saturated heterocycles. The molecule has 0 radical (unpaired) electrons. The smallest absolute Gasteiger partial charge is 0.312 e. The van der Waals surface area contributed by atoms with Gasteiger partial charge in [-0.05, 0) is 42.0 Å². The average molecular weight is 480 g/mol. The number of hydrogen-bond acceptors (Lipinski definition) is 6. The normalized spacial score (nSPS) is 12.0. The number of aromatic nitrogens is 1. The lowest BCUT2D eigenvalue weighted by molar-refractivity contribution is -0.116. The monoisotopic (exact) mass is 479 g/mol. The van der Waals surface area contributed by atoms with E-state index in [9.17, 15) is 18.0 Å². The van der Waals surface area contributed by atoms with Crippen LogP contribution in [-0.4, -0.2) is 25.3 Å². The van der Waals surface area contributed by atoms with Crippen molar-refractivity contribution < 1.29 is 18.0 Å². The average Bonchev–Trinajstić information content (AvgIpc) is 3.20. The van der Waals surface area contributed by atoms with E-state index in [0.29, 0.717) is 16.3 Å². The van der Waals surface area contributed by atoms with Crippen LogP contribution in [0, 0.1) is 0 Å². The highest BCUT2D eigenvalue weighted by Crippen LogP contribution is 2.22. The molecule has 1 atom stereocenters. The quantitative estimate of drug-likeness (QED) is 0.391. The van der Waals surface area contributed by atoms with Crippen molar-refractivity contribution in [3.8, 4) is 0 Å². The third kappa shape index (κ3) is 6.41. The fraction of sp³-hybridized carbons (Fsp3) is 0.105. The standard InChI is InChI=1S/C19H18ClN5O4S2/c20-13-3-1-12(2-4-13)16(24-18(21)27)11-17(26)23-14-5-7-15(8-6-14)31(28,29)25-19-22-9-10-30-19/h1-10,16H,11H2,(H,22,25)(H,23,26)(H3,21,24,27). The van der Waals surface area contributed by atoms with Gasteiger partial charge in [-0.1, -0.05) is 23.7 Å². The van der Waals surface area contributed by atoms with E-state index in [4.69, 9.17) is 17.3 Å². The molecule has 0 bridgehead atoms. The highest BCUT2D eigenvalue weighted by atomic mass is 35.5. The summed E-state index contributed by atoms with van der Waals surface area (Å²) in [5.41, 5.74) is 6.28. The van der Waals surface area contributed by atoms with Crippen LogP contribution in [0.25, 0.3) is 0 Å². The number of benzene rings is 2. The third-order valence-corrected chi connectivity index (χ3v) is 6.51. The van der Waals surface area contributed by atoms with Gasteiger partial charge in [0.15, 0.2) is 5.13 Å². The Morgan fingerprint density at radius 3 is 2.35 bits per heavy atom. The summed E-state index contributed by atoms with van der Waals surface area (Å²) in [6.07, 6.45) is 1.40. The number of carbonyl (C=O) groups excluding carboxylic acids is 2. The van der Waals surface area contributed by atoms with Crippen molar-refractivity contribution in [3.63, 3.8) is 0 Å². The van der Waals surface area contributed by atoms with E-state index in [-0.39, 0.29) is 16.4 Å². The predicted molar refractivity (Wildman–Crippen MR) is 120 cm³/mol. The van der Waals surface area contributed by atoms with Gasteiger partial charge in [0.1, 0.15) is 0 Å². The number of sulfonamides is 1. The summed E-state index contributed by atoms with van der Waals surface area (Å²) in [5.74, 6) is -0.398. The molecule has 1 heterocycles. The molecule has 0 aliphatic heterocycles. The molecule has 12 heteroatoms. The summed E-state index contributed by atoms with van der Waals surface area (Å²) >= 11 is 7.04. The van der Waals surface area contributed by atoms with Crippen molar-refractivity contribution >= 4 is 55.7 Å². The molecule has 9 nitrogen and oxygen atoms in total. The first kappa shape index (κ1) is 22.5. The number of carbonyl (C=O) groups is 2. The molecule has 3 rings (SSSR count). The number of urea groups is 1. The van der Waals surface area contributed by atoms with Crippen LogP contribution < -0.4 is 21.1 Å². The second-order valence-electron chi connectivity index (χ2n) is 6.33. The number of primary amides is 1. The molecule has 2 aromatic carbocycles. The van der Waals surface area contributed by atoms with Gasteiger partial charge in [-0.15, -0.1) is 11.3 Å². The summed E-state index contributed by atoms with van der Waals surface area (Å²) in [7, 11) is -3.79. The van der Waals surface area contributed by atoms with Gasteiger partial charge in [-0.3, -0.25) is 9.52 Å². The molecule has 1 unspecified atom stereocenters. The summed E-state index contributed by atoms with van der Waals surface area (Å²) in [6, 6.07) is 10.9. The van der Waals surface area contributed by atoms with Gasteiger partial charge < -0.3 is 16.4 Å². The van der Waals surface area contributed by atoms with Gasteiger partial charge in [0.05, 0.1) is 17.4 Å². The van der Waals surface area contributed by atoms with E-state index in [1.165, 1.54) is 30.5 Å². The van der Waals surface area contributed by atoms with Gasteiger partial charge in [-0.25, -0.2) is 18.2 Å². The van der Waals surface area contributed by atoms with Crippen LogP contribution in [0.5, 0.6) is 0 Å². The third-order valence-electron chi connectivity index (χ3n) is 4.08. The fourth-order valence-corrected chi connectivity index (χ4v) is 4.60. The zero-order chi connectivity index (χ0) is 22.4. The summed E-state index contributed by atoms with van der Waals surface area (Å²) in [4.78, 5) is 27.7. The predicted octanol–water partition coefficient (Wildman–Crippen LogP) is 3.34. The van der Waals surface area contributed by atoms with Crippen LogP contribution in [0.3, 0.4) is 0 Å². The van der Waals surface area contributed by atoms with Crippen LogP contribution in [0.4, 0.5) is 15.6 Å². The minimum atomic E-state index is -3.79. The number of anilines is 2. The van der Waals surface area contributed by atoms with Crippen molar-refractivity contribution in [2.24, 2.45) is 5.73 Å². The first-order valence-corrected chi connectivity index (χ1v) is 11.6. The largest absolute Gasteiger partial charge is 0.352 e. The van der Waals surface area contributed by atoms with E-state index in [0.717, 1.165) is 11.3 Å². The lowest BCUT2D eigenvalue weighted by atomic mass is 10.0. The minimum absolute atomic E-state index is 0.0233. The number of halogens is 1. The number of rotatable bonds is 8. The highest BCUT2D eigenvalue weighted by molar-refractivity contribution is 7.93. The van der Waals surface area contributed by atoms with Crippen LogP contribution in [0.1, 0.15) is 18.0 Å². The van der Waals surface area contributed by atoms with Crippen molar-refractivity contribution in [2.75, 3.05) is 10.0 Å².